The predicted octanol–water partition coefficient (Wildman–Crippen LogP) is 6.72. The monoisotopic (exact) mass is 400 g/mol. The molecule has 1 heterocycles. The van der Waals surface area contributed by atoms with Gasteiger partial charge in [0.15, 0.2) is 5.79 Å². The molecule has 1 rings (SSSR count). The number of carbonyl (C=O) groups is 1. The number of carbonyl (C=O) groups excluding carboxylic acids is 1. The van der Waals surface area contributed by atoms with Gasteiger partial charge >= 0.3 is 5.97 Å². The van der Waals surface area contributed by atoms with Gasteiger partial charge in [-0.1, -0.05) is 70.4 Å². The lowest BCUT2D eigenvalue weighted by Gasteiger charge is -2.16. The van der Waals surface area contributed by atoms with Crippen LogP contribution in [-0.4, -0.2) is 31.1 Å². The van der Waals surface area contributed by atoms with E-state index in [0.717, 1.165) is 57.8 Å². The molecular weight excluding hydrogens is 352 g/mol. The van der Waals surface area contributed by atoms with E-state index in [1.807, 2.05) is 13.8 Å². The van der Waals surface area contributed by atoms with Crippen LogP contribution in [0.4, 0.5) is 0 Å². The van der Waals surface area contributed by atoms with E-state index in [0.29, 0.717) is 25.9 Å². The van der Waals surface area contributed by atoms with Crippen LogP contribution in [0.5, 0.6) is 0 Å². The highest BCUT2D eigenvalue weighted by molar-refractivity contribution is 5.69. The van der Waals surface area contributed by atoms with Crippen LogP contribution in [0.15, 0.2) is 12.1 Å². The van der Waals surface area contributed by atoms with E-state index in [-0.39, 0.29) is 30.8 Å². The fourth-order valence-electron chi connectivity index (χ4n) is 3.12. The van der Waals surface area contributed by atoms with Crippen LogP contribution in [-0.2, 0) is 19.0 Å². The number of unbranched alkanes of at least 4 members (excludes halogenated alkanes) is 8. The highest BCUT2D eigenvalue weighted by Crippen LogP contribution is 2.22. The molecule has 0 aromatic carbocycles. The zero-order valence-corrected chi connectivity index (χ0v) is 18.3. The van der Waals surface area contributed by atoms with Crippen LogP contribution in [0, 0.1) is 0 Å². The fourth-order valence-corrected chi connectivity index (χ4v) is 3.12. The highest BCUT2D eigenvalue weighted by Gasteiger charge is 2.33. The minimum absolute atomic E-state index is 0.119. The number of hydrogen-bond donors (Lipinski definition) is 0. The number of hydrogen-bond acceptors (Lipinski definition) is 4. The van der Waals surface area contributed by atoms with E-state index in [9.17, 15) is 4.79 Å². The summed E-state index contributed by atoms with van der Waals surface area (Å²) in [7, 11) is 0. The Morgan fingerprint density at radius 3 is 2.46 bits per heavy atom. The summed E-state index contributed by atoms with van der Waals surface area (Å²) in [6.45, 7) is 6.49. The minimum Gasteiger partial charge on any atom is -0.463 e. The molecule has 0 N–H and O–H groups in total. The van der Waals surface area contributed by atoms with Gasteiger partial charge in [0.05, 0.1) is 9.35 Å². The molecule has 0 saturated carbocycles. The average Bonchev–Trinajstić information content (AvgIpc) is 3.09. The molecule has 4 nitrogen and oxygen atoms in total. The van der Waals surface area contributed by atoms with Crippen molar-refractivity contribution in [3.63, 3.8) is 0 Å². The Balaban J connectivity index is 2.10. The van der Waals surface area contributed by atoms with Gasteiger partial charge in [0, 0.05) is 9.16 Å². The third kappa shape index (κ3) is 14.2. The molecule has 0 aliphatic carbocycles. The number of allylic oxidation sites excluding steroid dienone is 2. The average molecular weight is 401 g/mol. The molecule has 1 saturated heterocycles. The molecule has 28 heavy (non-hydrogen) atoms. The van der Waals surface area contributed by atoms with Gasteiger partial charge in [-0.15, -0.1) is 0 Å². The first-order valence-corrected chi connectivity index (χ1v) is 11.2. The second-order valence-electron chi connectivity index (χ2n) is 8.04. The Bertz CT molecular complexity index is 578. The maximum Gasteiger partial charge on any atom is 0.305 e. The predicted molar refractivity (Wildman–Crippen MR) is 115 cm³/mol. The van der Waals surface area contributed by atoms with Gasteiger partial charge in [-0.05, 0) is 45.9 Å². The maximum absolute atomic E-state index is 11.8. The summed E-state index contributed by atoms with van der Waals surface area (Å²) >= 11 is 0. The molecule has 0 bridgehead atoms. The summed E-state index contributed by atoms with van der Waals surface area (Å²) < 4.78 is 48.6. The van der Waals surface area contributed by atoms with E-state index in [2.05, 4.69) is 6.92 Å². The van der Waals surface area contributed by atoms with Gasteiger partial charge in [-0.2, -0.15) is 0 Å². The van der Waals surface area contributed by atoms with Crippen LogP contribution < -0.4 is 0 Å². The molecular formula is C24H44O4. The van der Waals surface area contributed by atoms with Crippen molar-refractivity contribution in [3.8, 4) is 0 Å². The second-order valence-corrected chi connectivity index (χ2v) is 8.04. The van der Waals surface area contributed by atoms with Crippen LogP contribution >= 0.6 is 0 Å². The van der Waals surface area contributed by atoms with E-state index in [1.165, 1.54) is 6.42 Å². The smallest absolute Gasteiger partial charge is 0.305 e. The lowest BCUT2D eigenvalue weighted by atomic mass is 10.1. The summed E-state index contributed by atoms with van der Waals surface area (Å²) in [5.74, 6) is -0.825. The fraction of sp³-hybridized carbons (Fsp3) is 0.875. The zero-order chi connectivity index (χ0) is 24.0. The number of ether oxygens (including phenoxy) is 3. The Hall–Kier alpha value is -0.870. The van der Waals surface area contributed by atoms with Crippen molar-refractivity contribution in [3.05, 3.63) is 12.1 Å². The Labute approximate surface area is 179 Å². The van der Waals surface area contributed by atoms with Crippen LogP contribution in [0.3, 0.4) is 0 Å². The molecule has 164 valence electrons. The normalized spacial score (nSPS) is 22.0. The molecule has 1 aliphatic rings. The standard InChI is InChI=1S/C24H44O4/c1-4-5-6-7-8-9-10-11-12-13-14-15-16-17-18-19-23(25)26-20-22-21-27-24(2,3)28-22/h11-12,22H,4-10,13-21H2,1-3H3/b12-11-/i10D2,11D,12D. The molecule has 4 heteroatoms. The van der Waals surface area contributed by atoms with Crippen LogP contribution in [0.25, 0.3) is 0 Å². The Kier molecular flexibility index (Phi) is 10.9. The third-order valence-corrected chi connectivity index (χ3v) is 4.76. The van der Waals surface area contributed by atoms with E-state index < -0.39 is 12.2 Å². The molecule has 0 aromatic heterocycles. The van der Waals surface area contributed by atoms with Gasteiger partial charge in [0.25, 0.3) is 0 Å². The van der Waals surface area contributed by atoms with Crippen molar-refractivity contribution in [1.82, 2.24) is 0 Å². The zero-order valence-electron chi connectivity index (χ0n) is 22.3. The molecule has 1 aliphatic heterocycles. The van der Waals surface area contributed by atoms with Crippen molar-refractivity contribution >= 4 is 5.97 Å². The quantitative estimate of drug-likeness (QED) is 0.154. The number of esters is 1. The van der Waals surface area contributed by atoms with E-state index >= 15 is 0 Å². The van der Waals surface area contributed by atoms with Gasteiger partial charge in [-0.25, -0.2) is 0 Å². The van der Waals surface area contributed by atoms with Crippen molar-refractivity contribution in [2.24, 2.45) is 0 Å². The topological polar surface area (TPSA) is 44.8 Å². The lowest BCUT2D eigenvalue weighted by Crippen LogP contribution is -2.25. The lowest BCUT2D eigenvalue weighted by molar-refractivity contribution is -0.158. The summed E-state index contributed by atoms with van der Waals surface area (Å²) in [4.78, 5) is 11.8. The highest BCUT2D eigenvalue weighted by atomic mass is 16.7. The van der Waals surface area contributed by atoms with Crippen molar-refractivity contribution in [1.29, 1.82) is 0 Å². The molecule has 0 amide bonds. The van der Waals surface area contributed by atoms with E-state index in [1.54, 1.807) is 0 Å². The van der Waals surface area contributed by atoms with Gasteiger partial charge in [-0.3, -0.25) is 4.79 Å². The minimum atomic E-state index is -1.70. The van der Waals surface area contributed by atoms with Crippen LogP contribution in [0.1, 0.15) is 116 Å². The van der Waals surface area contributed by atoms with Gasteiger partial charge < -0.3 is 14.2 Å². The summed E-state index contributed by atoms with van der Waals surface area (Å²) in [6, 6.07) is -0.0378. The molecule has 0 spiro atoms. The summed E-state index contributed by atoms with van der Waals surface area (Å²) in [5, 5.41) is 0. The number of rotatable bonds is 17. The van der Waals surface area contributed by atoms with Crippen molar-refractivity contribution in [2.75, 3.05) is 13.2 Å². The molecule has 1 unspecified atom stereocenters. The summed E-state index contributed by atoms with van der Waals surface area (Å²) in [6.07, 6.45) is 8.75. The SMILES string of the molecule is [2H]/C(CCCCCCCC(=O)OCC1COC(C)(C)O1)=C(\[2H])C([2H])([2H])CCCCCCC. The Morgan fingerprint density at radius 1 is 1.07 bits per heavy atom. The van der Waals surface area contributed by atoms with Crippen LogP contribution in [0.2, 0.25) is 0 Å². The first-order valence-electron chi connectivity index (χ1n) is 13.2. The van der Waals surface area contributed by atoms with Gasteiger partial charge in [0.1, 0.15) is 12.7 Å². The maximum atomic E-state index is 11.8. The second kappa shape index (κ2) is 16.0. The molecule has 1 fully saturated rings. The van der Waals surface area contributed by atoms with Gasteiger partial charge in [0.2, 0.25) is 0 Å². The molecule has 0 aromatic rings. The largest absolute Gasteiger partial charge is 0.463 e. The first kappa shape index (κ1) is 19.1. The van der Waals surface area contributed by atoms with E-state index in [4.69, 9.17) is 19.7 Å². The van der Waals surface area contributed by atoms with Crippen molar-refractivity contribution in [2.45, 2.75) is 123 Å². The molecule has 0 radical (unpaired) electrons. The molecule has 1 atom stereocenters. The summed E-state index contributed by atoms with van der Waals surface area (Å²) in [5.41, 5.74) is 0. The third-order valence-electron chi connectivity index (χ3n) is 4.76. The van der Waals surface area contributed by atoms with Crippen molar-refractivity contribution < 1.29 is 24.5 Å². The Morgan fingerprint density at radius 2 is 1.75 bits per heavy atom. The first-order chi connectivity index (χ1) is 15.1.